The Bertz CT molecular complexity index is 732. The predicted molar refractivity (Wildman–Crippen MR) is 80.6 cm³/mol. The lowest BCUT2D eigenvalue weighted by molar-refractivity contribution is -0.112. The van der Waals surface area contributed by atoms with Gasteiger partial charge in [-0.15, -0.1) is 0 Å². The number of nitriles is 1. The van der Waals surface area contributed by atoms with E-state index in [1.807, 2.05) is 0 Å². The number of carbonyl (C=O) groups excluding carboxylic acids is 1. The van der Waals surface area contributed by atoms with Crippen molar-refractivity contribution in [2.45, 2.75) is 12.5 Å². The summed E-state index contributed by atoms with van der Waals surface area (Å²) >= 11 is 0. The molecule has 8 heteroatoms. The lowest BCUT2D eigenvalue weighted by Gasteiger charge is -2.08. The minimum absolute atomic E-state index is 0.00178. The molecule has 0 radical (unpaired) electrons. The van der Waals surface area contributed by atoms with Crippen LogP contribution >= 0.6 is 0 Å². The molecule has 2 rings (SSSR count). The largest absolute Gasteiger partial charge is 0.508 e. The number of anilines is 1. The zero-order valence-corrected chi connectivity index (χ0v) is 12.4. The molecule has 1 aliphatic rings. The van der Waals surface area contributed by atoms with Crippen molar-refractivity contribution in [3.8, 4) is 11.8 Å². The highest BCUT2D eigenvalue weighted by atomic mass is 32.2. The quantitative estimate of drug-likeness (QED) is 0.422. The van der Waals surface area contributed by atoms with Crippen molar-refractivity contribution in [2.24, 2.45) is 0 Å². The summed E-state index contributed by atoms with van der Waals surface area (Å²) in [4.78, 5) is 11.9. The molecule has 22 heavy (non-hydrogen) atoms. The van der Waals surface area contributed by atoms with Crippen LogP contribution in [0, 0.1) is 11.3 Å². The van der Waals surface area contributed by atoms with Gasteiger partial charge in [-0.25, -0.2) is 8.42 Å². The highest BCUT2D eigenvalue weighted by Crippen LogP contribution is 2.15. The number of nitrogens with one attached hydrogen (secondary N) is 2. The van der Waals surface area contributed by atoms with Gasteiger partial charge in [-0.3, -0.25) is 4.79 Å². The molecule has 1 unspecified atom stereocenters. The third kappa shape index (κ3) is 4.23. The molecular formula is C14H15N3O4S. The number of hydrogen-bond acceptors (Lipinski definition) is 6. The van der Waals surface area contributed by atoms with Gasteiger partial charge in [0.25, 0.3) is 5.91 Å². The number of sulfone groups is 1. The lowest BCUT2D eigenvalue weighted by Crippen LogP contribution is -2.27. The predicted octanol–water partition coefficient (Wildman–Crippen LogP) is 0.515. The summed E-state index contributed by atoms with van der Waals surface area (Å²) in [5.74, 6) is -0.429. The Labute approximate surface area is 128 Å². The van der Waals surface area contributed by atoms with Crippen molar-refractivity contribution in [1.29, 1.82) is 5.26 Å². The van der Waals surface area contributed by atoms with Gasteiger partial charge in [0.15, 0.2) is 9.84 Å². The number of hydrogen-bond donors (Lipinski definition) is 3. The molecule has 0 spiro atoms. The molecule has 1 atom stereocenters. The third-order valence-electron chi connectivity index (χ3n) is 3.19. The van der Waals surface area contributed by atoms with Crippen molar-refractivity contribution < 1.29 is 18.3 Å². The maximum Gasteiger partial charge on any atom is 0.267 e. The summed E-state index contributed by atoms with van der Waals surface area (Å²) in [5, 5.41) is 23.5. The Hall–Kier alpha value is -2.53. The summed E-state index contributed by atoms with van der Waals surface area (Å²) in [6.07, 6.45) is 1.69. The fourth-order valence-electron chi connectivity index (χ4n) is 2.02. The standard InChI is InChI=1S/C14H15N3O4S/c15-7-10(8-16-12-5-6-22(20,21)9-12)14(19)17-11-1-3-13(18)4-2-11/h1-4,8,12,16,18H,5-6,9H2,(H,17,19)/b10-8-. The second kappa shape index (κ2) is 6.49. The molecule has 7 nitrogen and oxygen atoms in total. The maximum atomic E-state index is 11.9. The van der Waals surface area contributed by atoms with Gasteiger partial charge in [0.2, 0.25) is 0 Å². The zero-order chi connectivity index (χ0) is 16.2. The van der Waals surface area contributed by atoms with Crippen LogP contribution in [-0.2, 0) is 14.6 Å². The van der Waals surface area contributed by atoms with Crippen molar-refractivity contribution in [1.82, 2.24) is 5.32 Å². The van der Waals surface area contributed by atoms with Gasteiger partial charge in [-0.1, -0.05) is 0 Å². The van der Waals surface area contributed by atoms with Crippen LogP contribution in [0.15, 0.2) is 36.0 Å². The molecule has 1 aromatic carbocycles. The summed E-state index contributed by atoms with van der Waals surface area (Å²) in [6, 6.07) is 7.30. The van der Waals surface area contributed by atoms with E-state index in [4.69, 9.17) is 10.4 Å². The Morgan fingerprint density at radius 1 is 1.36 bits per heavy atom. The molecule has 0 aliphatic carbocycles. The van der Waals surface area contributed by atoms with E-state index >= 15 is 0 Å². The highest BCUT2D eigenvalue weighted by molar-refractivity contribution is 7.91. The Morgan fingerprint density at radius 2 is 2.05 bits per heavy atom. The molecule has 1 amide bonds. The third-order valence-corrected chi connectivity index (χ3v) is 4.95. The van der Waals surface area contributed by atoms with E-state index in [0.29, 0.717) is 12.1 Å². The number of carbonyl (C=O) groups is 1. The number of phenols is 1. The normalized spacial score (nSPS) is 20.1. The molecule has 1 fully saturated rings. The van der Waals surface area contributed by atoms with E-state index in [-0.39, 0.29) is 28.9 Å². The van der Waals surface area contributed by atoms with E-state index in [0.717, 1.165) is 0 Å². The molecule has 0 aromatic heterocycles. The van der Waals surface area contributed by atoms with Crippen molar-refractivity contribution in [3.05, 3.63) is 36.0 Å². The van der Waals surface area contributed by atoms with Crippen molar-refractivity contribution >= 4 is 21.4 Å². The first kappa shape index (κ1) is 15.9. The second-order valence-corrected chi connectivity index (χ2v) is 7.17. The van der Waals surface area contributed by atoms with E-state index < -0.39 is 15.7 Å². The highest BCUT2D eigenvalue weighted by Gasteiger charge is 2.27. The average Bonchev–Trinajstić information content (AvgIpc) is 2.81. The van der Waals surface area contributed by atoms with Crippen LogP contribution in [0.3, 0.4) is 0 Å². The number of amides is 1. The van der Waals surface area contributed by atoms with Crippen molar-refractivity contribution in [2.75, 3.05) is 16.8 Å². The molecule has 1 aromatic rings. The smallest absolute Gasteiger partial charge is 0.267 e. The van der Waals surface area contributed by atoms with Crippen LogP contribution in [-0.4, -0.2) is 37.0 Å². The molecule has 116 valence electrons. The number of aromatic hydroxyl groups is 1. The summed E-state index contributed by atoms with van der Waals surface area (Å²) in [6.45, 7) is 0. The SMILES string of the molecule is N#C/C(=C/NC1CCS(=O)(=O)C1)C(=O)Nc1ccc(O)cc1. The molecule has 3 N–H and O–H groups in total. The minimum atomic E-state index is -3.02. The Kier molecular flexibility index (Phi) is 4.68. The first-order chi connectivity index (χ1) is 10.4. The summed E-state index contributed by atoms with van der Waals surface area (Å²) in [7, 11) is -3.02. The van der Waals surface area contributed by atoms with Gasteiger partial charge in [-0.2, -0.15) is 5.26 Å². The minimum Gasteiger partial charge on any atom is -0.508 e. The van der Waals surface area contributed by atoms with Gasteiger partial charge in [0.1, 0.15) is 17.4 Å². The summed E-state index contributed by atoms with van der Waals surface area (Å²) < 4.78 is 22.7. The topological polar surface area (TPSA) is 119 Å². The maximum absolute atomic E-state index is 11.9. The molecule has 1 heterocycles. The Morgan fingerprint density at radius 3 is 2.59 bits per heavy atom. The van der Waals surface area contributed by atoms with Crippen LogP contribution in [0.4, 0.5) is 5.69 Å². The van der Waals surface area contributed by atoms with Crippen LogP contribution in [0.25, 0.3) is 0 Å². The molecule has 0 bridgehead atoms. The lowest BCUT2D eigenvalue weighted by atomic mass is 10.2. The van der Waals surface area contributed by atoms with Gasteiger partial charge in [-0.05, 0) is 30.7 Å². The molecule has 1 aliphatic heterocycles. The molecule has 1 saturated heterocycles. The first-order valence-electron chi connectivity index (χ1n) is 6.57. The van der Waals surface area contributed by atoms with Crippen LogP contribution in [0.1, 0.15) is 6.42 Å². The van der Waals surface area contributed by atoms with E-state index in [9.17, 15) is 13.2 Å². The average molecular weight is 321 g/mol. The zero-order valence-electron chi connectivity index (χ0n) is 11.6. The van der Waals surface area contributed by atoms with E-state index in [1.54, 1.807) is 6.07 Å². The number of rotatable bonds is 4. The summed E-state index contributed by atoms with van der Waals surface area (Å²) in [5.41, 5.74) is 0.282. The molecule has 0 saturated carbocycles. The fourth-order valence-corrected chi connectivity index (χ4v) is 3.71. The fraction of sp³-hybridized carbons (Fsp3) is 0.286. The number of benzene rings is 1. The van der Waals surface area contributed by atoms with Gasteiger partial charge in [0.05, 0.1) is 11.5 Å². The Balaban J connectivity index is 1.98. The van der Waals surface area contributed by atoms with E-state index in [1.165, 1.54) is 30.5 Å². The number of nitrogens with zero attached hydrogens (tertiary/aromatic N) is 1. The second-order valence-electron chi connectivity index (χ2n) is 4.94. The monoisotopic (exact) mass is 321 g/mol. The van der Waals surface area contributed by atoms with Crippen LogP contribution < -0.4 is 10.6 Å². The first-order valence-corrected chi connectivity index (χ1v) is 8.39. The van der Waals surface area contributed by atoms with Crippen LogP contribution in [0.5, 0.6) is 5.75 Å². The van der Waals surface area contributed by atoms with Crippen molar-refractivity contribution in [3.63, 3.8) is 0 Å². The van der Waals surface area contributed by atoms with Crippen LogP contribution in [0.2, 0.25) is 0 Å². The van der Waals surface area contributed by atoms with E-state index in [2.05, 4.69) is 10.6 Å². The van der Waals surface area contributed by atoms with Gasteiger partial charge >= 0.3 is 0 Å². The van der Waals surface area contributed by atoms with Gasteiger partial charge in [0, 0.05) is 17.9 Å². The number of phenolic OH excluding ortho intramolecular Hbond substituents is 1. The van der Waals surface area contributed by atoms with Gasteiger partial charge < -0.3 is 15.7 Å². The molecular weight excluding hydrogens is 306 g/mol.